The highest BCUT2D eigenvalue weighted by molar-refractivity contribution is 5.67. The second-order valence-corrected chi connectivity index (χ2v) is 8.65. The number of carboxylic acids is 1. The van der Waals surface area contributed by atoms with Crippen LogP contribution in [0.15, 0.2) is 42.5 Å². The Kier molecular flexibility index (Phi) is 6.97. The normalized spacial score (nSPS) is 16.3. The van der Waals surface area contributed by atoms with E-state index in [1.165, 1.54) is 0 Å². The van der Waals surface area contributed by atoms with E-state index in [-0.39, 0.29) is 25.0 Å². The third kappa shape index (κ3) is 6.63. The van der Waals surface area contributed by atoms with Gasteiger partial charge in [0.1, 0.15) is 5.75 Å². The molecular formula is C23H23F6NO3. The molecule has 4 nitrogen and oxygen atoms in total. The maximum atomic E-state index is 13.3. The van der Waals surface area contributed by atoms with Crippen LogP contribution in [-0.2, 0) is 30.1 Å². The van der Waals surface area contributed by atoms with Crippen LogP contribution in [0.1, 0.15) is 35.6 Å². The summed E-state index contributed by atoms with van der Waals surface area (Å²) in [6.45, 7) is 2.62. The number of halogens is 6. The highest BCUT2D eigenvalue weighted by atomic mass is 19.4. The average Bonchev–Trinajstić information content (AvgIpc) is 2.68. The zero-order valence-corrected chi connectivity index (χ0v) is 17.8. The molecule has 0 bridgehead atoms. The van der Waals surface area contributed by atoms with Crippen molar-refractivity contribution in [3.63, 3.8) is 0 Å². The molecule has 0 aromatic heterocycles. The van der Waals surface area contributed by atoms with Gasteiger partial charge in [-0.3, -0.25) is 9.69 Å². The van der Waals surface area contributed by atoms with Gasteiger partial charge in [-0.25, -0.2) is 0 Å². The first kappa shape index (κ1) is 24.9. The predicted molar refractivity (Wildman–Crippen MR) is 108 cm³/mol. The van der Waals surface area contributed by atoms with E-state index in [1.807, 2.05) is 6.92 Å². The van der Waals surface area contributed by atoms with Gasteiger partial charge in [0.25, 0.3) is 0 Å². The van der Waals surface area contributed by atoms with E-state index in [1.54, 1.807) is 29.2 Å². The lowest BCUT2D eigenvalue weighted by molar-refractivity contribution is -0.142. The van der Waals surface area contributed by atoms with Gasteiger partial charge in [-0.05, 0) is 47.9 Å². The molecule has 2 aromatic rings. The molecule has 0 unspecified atom stereocenters. The Labute approximate surface area is 186 Å². The van der Waals surface area contributed by atoms with Gasteiger partial charge in [-0.15, -0.1) is 0 Å². The Balaban J connectivity index is 1.61. The highest BCUT2D eigenvalue weighted by Gasteiger charge is 2.42. The van der Waals surface area contributed by atoms with Crippen molar-refractivity contribution >= 4 is 5.97 Å². The lowest BCUT2D eigenvalue weighted by atomic mass is 9.82. The number of hydrogen-bond acceptors (Lipinski definition) is 3. The number of benzene rings is 2. The van der Waals surface area contributed by atoms with Gasteiger partial charge in [-0.1, -0.05) is 19.1 Å². The van der Waals surface area contributed by atoms with E-state index >= 15 is 0 Å². The maximum Gasteiger partial charge on any atom is 0.416 e. The van der Waals surface area contributed by atoms with E-state index in [0.29, 0.717) is 43.5 Å². The van der Waals surface area contributed by atoms with Crippen molar-refractivity contribution in [2.45, 2.75) is 38.7 Å². The van der Waals surface area contributed by atoms with Crippen LogP contribution < -0.4 is 4.74 Å². The fourth-order valence-corrected chi connectivity index (χ4v) is 3.95. The Morgan fingerprint density at radius 3 is 2.36 bits per heavy atom. The number of hydrogen-bond donors (Lipinski definition) is 1. The number of rotatable bonds is 8. The Morgan fingerprint density at radius 1 is 1.06 bits per heavy atom. The molecule has 3 rings (SSSR count). The van der Waals surface area contributed by atoms with Crippen molar-refractivity contribution in [1.82, 2.24) is 4.90 Å². The van der Waals surface area contributed by atoms with Gasteiger partial charge < -0.3 is 9.84 Å². The molecular weight excluding hydrogens is 452 g/mol. The molecule has 0 atom stereocenters. The molecule has 1 saturated heterocycles. The summed E-state index contributed by atoms with van der Waals surface area (Å²) in [6.07, 6.45) is -9.13. The number of aryl methyl sites for hydroxylation is 1. The molecule has 0 amide bonds. The minimum Gasteiger partial charge on any atom is -0.493 e. The number of carboxylic acid groups (broad SMARTS) is 1. The summed E-state index contributed by atoms with van der Waals surface area (Å²) in [5.74, 6) is -0.354. The summed E-state index contributed by atoms with van der Waals surface area (Å²) in [7, 11) is 0. The van der Waals surface area contributed by atoms with Gasteiger partial charge in [0.2, 0.25) is 0 Å². The third-order valence-corrected chi connectivity index (χ3v) is 5.46. The number of ether oxygens (including phenoxy) is 1. The van der Waals surface area contributed by atoms with Gasteiger partial charge in [0.15, 0.2) is 0 Å². The first-order valence-corrected chi connectivity index (χ1v) is 10.2. The van der Waals surface area contributed by atoms with Crippen LogP contribution in [0.25, 0.3) is 0 Å². The van der Waals surface area contributed by atoms with E-state index in [2.05, 4.69) is 0 Å². The van der Waals surface area contributed by atoms with Crippen LogP contribution in [0, 0.1) is 5.41 Å². The standard InChI is InChI=1S/C23H23F6NO3/c1-21(14-33-18-4-2-3-15(9-18)5-8-20(31)32)12-30(13-21)11-16-10-17(22(24,25)26)6-7-19(16)23(27,28)29/h2-4,6-7,9-10H,5,8,11-14H2,1H3,(H,31,32). The summed E-state index contributed by atoms with van der Waals surface area (Å²) in [5, 5.41) is 8.79. The monoisotopic (exact) mass is 475 g/mol. The molecule has 33 heavy (non-hydrogen) atoms. The van der Waals surface area contributed by atoms with Crippen LogP contribution in [-0.4, -0.2) is 35.7 Å². The summed E-state index contributed by atoms with van der Waals surface area (Å²) in [5.41, 5.74) is -2.17. The molecule has 1 aliphatic rings. The fraction of sp³-hybridized carbons (Fsp3) is 0.435. The number of nitrogens with zero attached hydrogens (tertiary/aromatic N) is 1. The van der Waals surface area contributed by atoms with E-state index in [9.17, 15) is 31.1 Å². The summed E-state index contributed by atoms with van der Waals surface area (Å²) in [4.78, 5) is 12.4. The molecule has 1 heterocycles. The molecule has 0 aliphatic carbocycles. The molecule has 1 N–H and O–H groups in total. The van der Waals surface area contributed by atoms with Crippen molar-refractivity contribution in [3.05, 3.63) is 64.7 Å². The molecule has 2 aromatic carbocycles. The number of carbonyl (C=O) groups is 1. The van der Waals surface area contributed by atoms with Crippen LogP contribution in [0.5, 0.6) is 5.75 Å². The fourth-order valence-electron chi connectivity index (χ4n) is 3.95. The van der Waals surface area contributed by atoms with Crippen molar-refractivity contribution in [2.24, 2.45) is 5.41 Å². The lowest BCUT2D eigenvalue weighted by Gasteiger charge is -2.48. The molecule has 180 valence electrons. The molecule has 1 aliphatic heterocycles. The molecule has 0 radical (unpaired) electrons. The first-order valence-electron chi connectivity index (χ1n) is 10.2. The van der Waals surface area contributed by atoms with Gasteiger partial charge >= 0.3 is 18.3 Å². The largest absolute Gasteiger partial charge is 0.493 e. The maximum absolute atomic E-state index is 13.3. The average molecular weight is 475 g/mol. The summed E-state index contributed by atoms with van der Waals surface area (Å²) < 4.78 is 84.6. The zero-order valence-electron chi connectivity index (χ0n) is 17.8. The van der Waals surface area contributed by atoms with E-state index in [4.69, 9.17) is 9.84 Å². The second kappa shape index (κ2) is 9.24. The van der Waals surface area contributed by atoms with E-state index in [0.717, 1.165) is 5.56 Å². The Bertz CT molecular complexity index is 996. The first-order chi connectivity index (χ1) is 15.2. The van der Waals surface area contributed by atoms with Crippen LogP contribution >= 0.6 is 0 Å². The highest BCUT2D eigenvalue weighted by Crippen LogP contribution is 2.39. The Morgan fingerprint density at radius 2 is 1.76 bits per heavy atom. The Hall–Kier alpha value is -2.75. The topological polar surface area (TPSA) is 49.8 Å². The minimum absolute atomic E-state index is 0.00835. The van der Waals surface area contributed by atoms with Crippen LogP contribution in [0.2, 0.25) is 0 Å². The van der Waals surface area contributed by atoms with Gasteiger partial charge in [0.05, 0.1) is 17.7 Å². The predicted octanol–water partition coefficient (Wildman–Crippen LogP) is 5.64. The van der Waals surface area contributed by atoms with Crippen LogP contribution in [0.4, 0.5) is 26.3 Å². The molecule has 0 saturated carbocycles. The number of alkyl halides is 6. The third-order valence-electron chi connectivity index (χ3n) is 5.46. The minimum atomic E-state index is -4.75. The number of likely N-dealkylation sites (tertiary alicyclic amines) is 1. The lowest BCUT2D eigenvalue weighted by Crippen LogP contribution is -2.56. The van der Waals surface area contributed by atoms with Gasteiger partial charge in [-0.2, -0.15) is 26.3 Å². The summed E-state index contributed by atoms with van der Waals surface area (Å²) >= 11 is 0. The number of aliphatic carboxylic acids is 1. The van der Waals surface area contributed by atoms with Crippen molar-refractivity contribution in [1.29, 1.82) is 0 Å². The van der Waals surface area contributed by atoms with Crippen molar-refractivity contribution in [2.75, 3.05) is 19.7 Å². The zero-order chi connectivity index (χ0) is 24.4. The quantitative estimate of drug-likeness (QED) is 0.502. The van der Waals surface area contributed by atoms with Crippen LogP contribution in [0.3, 0.4) is 0 Å². The van der Waals surface area contributed by atoms with Gasteiger partial charge in [0, 0.05) is 31.5 Å². The van der Waals surface area contributed by atoms with E-state index < -0.39 is 35.0 Å². The molecule has 0 spiro atoms. The SMILES string of the molecule is CC1(COc2cccc(CCC(=O)O)c2)CN(Cc2cc(C(F)(F)F)ccc2C(F)(F)F)C1. The smallest absolute Gasteiger partial charge is 0.416 e. The summed E-state index contributed by atoms with van der Waals surface area (Å²) in [6, 6.07) is 8.49. The van der Waals surface area contributed by atoms with Crippen molar-refractivity contribution in [3.8, 4) is 5.75 Å². The second-order valence-electron chi connectivity index (χ2n) is 8.65. The molecule has 1 fully saturated rings. The molecule has 10 heteroatoms. The van der Waals surface area contributed by atoms with Crippen molar-refractivity contribution < 1.29 is 41.0 Å².